The largest absolute Gasteiger partial charge is 0.338 e. The van der Waals surface area contributed by atoms with E-state index in [9.17, 15) is 0 Å². The van der Waals surface area contributed by atoms with Gasteiger partial charge in [0.05, 0.1) is 0 Å². The quantitative estimate of drug-likeness (QED) is 0.379. The monoisotopic (exact) mass is 381 g/mol. The Balaban J connectivity index is 1.59. The Labute approximate surface area is 175 Å². The molecule has 0 radical (unpaired) electrons. The lowest BCUT2D eigenvalue weighted by atomic mass is 10.0. The van der Waals surface area contributed by atoms with Crippen molar-refractivity contribution in [2.75, 3.05) is 4.90 Å². The first-order valence-electron chi connectivity index (χ1n) is 11.0. The van der Waals surface area contributed by atoms with Crippen molar-refractivity contribution in [1.29, 1.82) is 0 Å². The summed E-state index contributed by atoms with van der Waals surface area (Å²) in [5, 5.41) is 0. The number of benzene rings is 3. The second-order valence-corrected chi connectivity index (χ2v) is 8.02. The number of rotatable bonds is 7. The second kappa shape index (κ2) is 9.13. The molecule has 1 atom stereocenters. The summed E-state index contributed by atoms with van der Waals surface area (Å²) >= 11 is 0. The molecule has 148 valence electrons. The number of unbranched alkanes of at least 4 members (excludes halogenated alkanes) is 1. The molecule has 0 spiro atoms. The van der Waals surface area contributed by atoms with Gasteiger partial charge in [-0.05, 0) is 59.7 Å². The van der Waals surface area contributed by atoms with Gasteiger partial charge >= 0.3 is 0 Å². The lowest BCUT2D eigenvalue weighted by Gasteiger charge is -2.28. The molecule has 1 aliphatic rings. The summed E-state index contributed by atoms with van der Waals surface area (Å²) in [6.45, 7) is 4.53. The van der Waals surface area contributed by atoms with Crippen molar-refractivity contribution in [3.05, 3.63) is 95.1 Å². The zero-order chi connectivity index (χ0) is 20.1. The van der Waals surface area contributed by atoms with Crippen LogP contribution >= 0.6 is 0 Å². The molecule has 0 saturated heterocycles. The summed E-state index contributed by atoms with van der Waals surface area (Å²) < 4.78 is 0. The third-order valence-corrected chi connectivity index (χ3v) is 5.96. The lowest BCUT2D eigenvalue weighted by molar-refractivity contribution is 0.585. The van der Waals surface area contributed by atoms with E-state index in [4.69, 9.17) is 0 Å². The van der Waals surface area contributed by atoms with Crippen molar-refractivity contribution in [2.24, 2.45) is 0 Å². The Morgan fingerprint density at radius 1 is 0.862 bits per heavy atom. The van der Waals surface area contributed by atoms with Gasteiger partial charge in [-0.25, -0.2) is 0 Å². The first-order chi connectivity index (χ1) is 14.3. The van der Waals surface area contributed by atoms with E-state index >= 15 is 0 Å². The maximum atomic E-state index is 2.58. The number of aryl methyl sites for hydroxylation is 1. The predicted octanol–water partition coefficient (Wildman–Crippen LogP) is 7.67. The van der Waals surface area contributed by atoms with Crippen LogP contribution in [0.4, 0.5) is 11.4 Å². The van der Waals surface area contributed by atoms with Crippen LogP contribution in [0.25, 0.3) is 12.2 Å². The molecule has 0 fully saturated rings. The molecule has 0 aliphatic carbocycles. The lowest BCUT2D eigenvalue weighted by Crippen LogP contribution is -2.27. The minimum Gasteiger partial charge on any atom is -0.338 e. The first-order valence-corrected chi connectivity index (χ1v) is 11.0. The molecule has 1 heteroatoms. The third-order valence-electron chi connectivity index (χ3n) is 5.96. The van der Waals surface area contributed by atoms with Gasteiger partial charge in [-0.15, -0.1) is 0 Å². The molecule has 3 aromatic rings. The van der Waals surface area contributed by atoms with Crippen LogP contribution in [0.5, 0.6) is 0 Å². The van der Waals surface area contributed by atoms with E-state index in [2.05, 4.69) is 104 Å². The van der Waals surface area contributed by atoms with Gasteiger partial charge in [0.25, 0.3) is 0 Å². The molecule has 1 aliphatic heterocycles. The van der Waals surface area contributed by atoms with E-state index in [1.165, 1.54) is 59.3 Å². The zero-order valence-corrected chi connectivity index (χ0v) is 17.6. The second-order valence-electron chi connectivity index (χ2n) is 8.02. The molecule has 3 aromatic carbocycles. The van der Waals surface area contributed by atoms with Crippen LogP contribution in [0.1, 0.15) is 55.4 Å². The van der Waals surface area contributed by atoms with Crippen LogP contribution in [-0.4, -0.2) is 6.04 Å². The average Bonchev–Trinajstić information content (AvgIpc) is 3.14. The van der Waals surface area contributed by atoms with Crippen molar-refractivity contribution in [2.45, 2.75) is 52.0 Å². The summed E-state index contributed by atoms with van der Waals surface area (Å²) in [6, 6.07) is 27.2. The van der Waals surface area contributed by atoms with Crippen LogP contribution in [0, 0.1) is 0 Å². The normalized spacial score (nSPS) is 15.8. The van der Waals surface area contributed by atoms with Gasteiger partial charge < -0.3 is 4.90 Å². The number of anilines is 2. The molecule has 1 heterocycles. The summed E-state index contributed by atoms with van der Waals surface area (Å²) in [5.41, 5.74) is 8.14. The zero-order valence-electron chi connectivity index (χ0n) is 17.6. The molecule has 1 nitrogen and oxygen atoms in total. The highest BCUT2D eigenvalue weighted by Crippen LogP contribution is 2.40. The van der Waals surface area contributed by atoms with Gasteiger partial charge in [0.15, 0.2) is 0 Å². The fraction of sp³-hybridized carbons (Fsp3) is 0.286. The van der Waals surface area contributed by atoms with Gasteiger partial charge in [0.2, 0.25) is 0 Å². The van der Waals surface area contributed by atoms with Gasteiger partial charge in [-0.3, -0.25) is 0 Å². The van der Waals surface area contributed by atoms with Gasteiger partial charge in [0.1, 0.15) is 0 Å². The SMILES string of the molecule is CCCCC1Cc2cc(CC)ccc2N1c1ccc(/C=C/c2ccccc2)cc1. The van der Waals surface area contributed by atoms with E-state index < -0.39 is 0 Å². The number of fused-ring (bicyclic) bond motifs is 1. The molecule has 0 saturated carbocycles. The van der Waals surface area contributed by atoms with E-state index in [-0.39, 0.29) is 0 Å². The minimum atomic E-state index is 0.572. The Hall–Kier alpha value is -2.80. The number of hydrogen-bond donors (Lipinski definition) is 0. The topological polar surface area (TPSA) is 3.24 Å². The summed E-state index contributed by atoms with van der Waals surface area (Å²) in [6.07, 6.45) is 10.4. The molecule has 0 amide bonds. The van der Waals surface area contributed by atoms with Crippen molar-refractivity contribution in [3.63, 3.8) is 0 Å². The minimum absolute atomic E-state index is 0.572. The van der Waals surface area contributed by atoms with E-state index in [0.717, 1.165) is 6.42 Å². The smallest absolute Gasteiger partial charge is 0.0447 e. The van der Waals surface area contributed by atoms with E-state index in [0.29, 0.717) is 6.04 Å². The molecule has 29 heavy (non-hydrogen) atoms. The Morgan fingerprint density at radius 3 is 2.28 bits per heavy atom. The van der Waals surface area contributed by atoms with Crippen molar-refractivity contribution < 1.29 is 0 Å². The molecule has 4 rings (SSSR count). The predicted molar refractivity (Wildman–Crippen MR) is 127 cm³/mol. The summed E-state index contributed by atoms with van der Waals surface area (Å²) in [4.78, 5) is 2.58. The fourth-order valence-corrected chi connectivity index (χ4v) is 4.32. The first kappa shape index (κ1) is 19.5. The van der Waals surface area contributed by atoms with Crippen molar-refractivity contribution >= 4 is 23.5 Å². The molecule has 0 bridgehead atoms. The van der Waals surface area contributed by atoms with Gasteiger partial charge in [-0.1, -0.05) is 93.4 Å². The van der Waals surface area contributed by atoms with E-state index in [1.54, 1.807) is 0 Å². The maximum absolute atomic E-state index is 2.58. The van der Waals surface area contributed by atoms with Crippen LogP contribution in [0.2, 0.25) is 0 Å². The fourth-order valence-electron chi connectivity index (χ4n) is 4.32. The number of nitrogens with zero attached hydrogens (tertiary/aromatic N) is 1. The molecule has 1 unspecified atom stereocenters. The number of hydrogen-bond acceptors (Lipinski definition) is 1. The maximum Gasteiger partial charge on any atom is 0.0447 e. The molecular formula is C28H31N. The molecule has 0 N–H and O–H groups in total. The van der Waals surface area contributed by atoms with Crippen LogP contribution in [-0.2, 0) is 12.8 Å². The Bertz CT molecular complexity index is 953. The van der Waals surface area contributed by atoms with Gasteiger partial charge in [-0.2, -0.15) is 0 Å². The molecular weight excluding hydrogens is 350 g/mol. The standard InChI is InChI=1S/C28H31N/c1-3-5-11-27-21-25-20-22(4-2)16-19-28(25)29(27)26-17-14-24(15-18-26)13-12-23-9-7-6-8-10-23/h6-10,12-20,27H,3-5,11,21H2,1-2H3/b13-12+. The van der Waals surface area contributed by atoms with Crippen LogP contribution in [0.3, 0.4) is 0 Å². The van der Waals surface area contributed by atoms with Crippen LogP contribution in [0.15, 0.2) is 72.8 Å². The third kappa shape index (κ3) is 4.45. The summed E-state index contributed by atoms with van der Waals surface area (Å²) in [7, 11) is 0. The van der Waals surface area contributed by atoms with Crippen molar-refractivity contribution in [3.8, 4) is 0 Å². The highest BCUT2D eigenvalue weighted by atomic mass is 15.2. The summed E-state index contributed by atoms with van der Waals surface area (Å²) in [5.74, 6) is 0. The van der Waals surface area contributed by atoms with Gasteiger partial charge in [0, 0.05) is 17.4 Å². The van der Waals surface area contributed by atoms with E-state index in [1.807, 2.05) is 0 Å². The molecule has 0 aromatic heterocycles. The van der Waals surface area contributed by atoms with Crippen molar-refractivity contribution in [1.82, 2.24) is 0 Å². The Kier molecular flexibility index (Phi) is 6.14. The Morgan fingerprint density at radius 2 is 1.59 bits per heavy atom. The highest BCUT2D eigenvalue weighted by molar-refractivity contribution is 5.74. The van der Waals surface area contributed by atoms with Crippen LogP contribution < -0.4 is 4.90 Å². The average molecular weight is 382 g/mol. The highest BCUT2D eigenvalue weighted by Gasteiger charge is 2.29.